The van der Waals surface area contributed by atoms with Gasteiger partial charge in [0.05, 0.1) is 18.3 Å². The monoisotopic (exact) mass is 423 g/mol. The molecule has 0 fully saturated rings. The van der Waals surface area contributed by atoms with E-state index in [0.717, 1.165) is 40.3 Å². The molecule has 1 atom stereocenters. The lowest BCUT2D eigenvalue weighted by Gasteiger charge is -2.32. The van der Waals surface area contributed by atoms with Crippen LogP contribution in [0.4, 0.5) is 0 Å². The summed E-state index contributed by atoms with van der Waals surface area (Å²) in [6.45, 7) is 2.20. The number of carbonyl (C=O) groups is 1. The summed E-state index contributed by atoms with van der Waals surface area (Å²) in [6, 6.07) is 16.9. The predicted octanol–water partition coefficient (Wildman–Crippen LogP) is 6.02. The molecule has 0 saturated heterocycles. The van der Waals surface area contributed by atoms with E-state index in [9.17, 15) is 4.79 Å². The number of carbonyl (C=O) groups excluding carboxylic acids is 1. The van der Waals surface area contributed by atoms with Crippen LogP contribution in [-0.2, 0) is 14.9 Å². The molecule has 4 rings (SSSR count). The summed E-state index contributed by atoms with van der Waals surface area (Å²) in [5, 5.41) is 1.14. The number of hydrogen-bond acceptors (Lipinski definition) is 3. The number of hydrogen-bond donors (Lipinski definition) is 0. The molecule has 1 unspecified atom stereocenters. The van der Waals surface area contributed by atoms with Crippen LogP contribution in [0, 0.1) is 0 Å². The molecule has 138 valence electrons. The van der Waals surface area contributed by atoms with Gasteiger partial charge in [-0.25, -0.2) is 4.98 Å². The van der Waals surface area contributed by atoms with Crippen molar-refractivity contribution in [2.24, 2.45) is 0 Å². The van der Waals surface area contributed by atoms with Crippen LogP contribution in [0.1, 0.15) is 43.7 Å². The highest BCUT2D eigenvalue weighted by Crippen LogP contribution is 2.54. The van der Waals surface area contributed by atoms with E-state index in [4.69, 9.17) is 9.72 Å². The second-order valence-electron chi connectivity index (χ2n) is 7.18. The Morgan fingerprint density at radius 2 is 1.93 bits per heavy atom. The number of rotatable bonds is 5. The fourth-order valence-corrected chi connectivity index (χ4v) is 4.82. The number of methoxy groups -OCH3 is 1. The molecule has 2 aromatic carbocycles. The first-order chi connectivity index (χ1) is 13.1. The third kappa shape index (κ3) is 2.96. The van der Waals surface area contributed by atoms with Crippen molar-refractivity contribution in [3.63, 3.8) is 0 Å². The lowest BCUT2D eigenvalue weighted by molar-refractivity contribution is -0.141. The molecule has 0 N–H and O–H groups in total. The van der Waals surface area contributed by atoms with Crippen molar-refractivity contribution in [2.45, 2.75) is 38.0 Å². The molecule has 3 nitrogen and oxygen atoms in total. The van der Waals surface area contributed by atoms with Crippen LogP contribution in [0.3, 0.4) is 0 Å². The molecule has 1 aliphatic rings. The van der Waals surface area contributed by atoms with Gasteiger partial charge in [0, 0.05) is 27.3 Å². The van der Waals surface area contributed by atoms with Gasteiger partial charge in [-0.2, -0.15) is 0 Å². The van der Waals surface area contributed by atoms with Gasteiger partial charge in [0.15, 0.2) is 0 Å². The molecule has 0 aliphatic heterocycles. The van der Waals surface area contributed by atoms with Crippen molar-refractivity contribution in [1.82, 2.24) is 4.98 Å². The van der Waals surface area contributed by atoms with Gasteiger partial charge >= 0.3 is 5.97 Å². The van der Waals surface area contributed by atoms with Gasteiger partial charge in [0.1, 0.15) is 0 Å². The number of pyridine rings is 1. The first-order valence-corrected chi connectivity index (χ1v) is 10.2. The minimum Gasteiger partial charge on any atom is -0.469 e. The topological polar surface area (TPSA) is 39.2 Å². The number of benzene rings is 2. The van der Waals surface area contributed by atoms with E-state index >= 15 is 0 Å². The second kappa shape index (κ2) is 7.08. The molecule has 3 aromatic rings. The van der Waals surface area contributed by atoms with Gasteiger partial charge in [0.25, 0.3) is 0 Å². The van der Waals surface area contributed by atoms with Gasteiger partial charge in [-0.3, -0.25) is 4.79 Å². The zero-order valence-electron chi connectivity index (χ0n) is 15.6. The number of esters is 1. The SMILES string of the molecule is CCCC1(CCC(=O)OC)c2cc(Br)ccc2-c2nc3ccccc3cc21. The number of fused-ring (bicyclic) bond motifs is 4. The first-order valence-electron chi connectivity index (χ1n) is 9.36. The van der Waals surface area contributed by atoms with E-state index in [-0.39, 0.29) is 11.4 Å². The van der Waals surface area contributed by atoms with Crippen LogP contribution < -0.4 is 0 Å². The maximum atomic E-state index is 12.0. The Hall–Kier alpha value is -2.20. The lowest BCUT2D eigenvalue weighted by atomic mass is 9.71. The third-order valence-electron chi connectivity index (χ3n) is 5.65. The summed E-state index contributed by atoms with van der Waals surface area (Å²) >= 11 is 3.64. The lowest BCUT2D eigenvalue weighted by Crippen LogP contribution is -2.26. The van der Waals surface area contributed by atoms with E-state index in [1.807, 2.05) is 12.1 Å². The largest absolute Gasteiger partial charge is 0.469 e. The molecule has 0 bridgehead atoms. The summed E-state index contributed by atoms with van der Waals surface area (Å²) in [5.41, 5.74) is 5.52. The van der Waals surface area contributed by atoms with Crippen molar-refractivity contribution in [1.29, 1.82) is 0 Å². The third-order valence-corrected chi connectivity index (χ3v) is 6.15. The fourth-order valence-electron chi connectivity index (χ4n) is 4.46. The summed E-state index contributed by atoms with van der Waals surface area (Å²) in [5.74, 6) is -0.163. The van der Waals surface area contributed by atoms with Gasteiger partial charge in [-0.15, -0.1) is 0 Å². The molecular formula is C23H22BrNO2. The average Bonchev–Trinajstić information content (AvgIpc) is 2.93. The van der Waals surface area contributed by atoms with Crippen molar-refractivity contribution in [3.05, 3.63) is 64.1 Å². The smallest absolute Gasteiger partial charge is 0.305 e. The Morgan fingerprint density at radius 3 is 2.70 bits per heavy atom. The van der Waals surface area contributed by atoms with E-state index in [1.165, 1.54) is 23.8 Å². The molecule has 0 radical (unpaired) electrons. The number of aromatic nitrogens is 1. The van der Waals surface area contributed by atoms with Crippen LogP contribution in [0.5, 0.6) is 0 Å². The van der Waals surface area contributed by atoms with Crippen LogP contribution in [-0.4, -0.2) is 18.1 Å². The highest BCUT2D eigenvalue weighted by Gasteiger charge is 2.43. The minimum atomic E-state index is -0.214. The Balaban J connectivity index is 1.98. The average molecular weight is 424 g/mol. The summed E-state index contributed by atoms with van der Waals surface area (Å²) < 4.78 is 5.99. The molecular weight excluding hydrogens is 402 g/mol. The molecule has 1 aromatic heterocycles. The van der Waals surface area contributed by atoms with E-state index in [0.29, 0.717) is 6.42 Å². The molecule has 1 aliphatic carbocycles. The fraction of sp³-hybridized carbons (Fsp3) is 0.304. The Morgan fingerprint density at radius 1 is 1.11 bits per heavy atom. The van der Waals surface area contributed by atoms with Crippen LogP contribution in [0.25, 0.3) is 22.2 Å². The number of nitrogens with zero attached hydrogens (tertiary/aromatic N) is 1. The van der Waals surface area contributed by atoms with E-state index in [1.54, 1.807) is 0 Å². The molecule has 4 heteroatoms. The van der Waals surface area contributed by atoms with Crippen LogP contribution in [0.2, 0.25) is 0 Å². The second-order valence-corrected chi connectivity index (χ2v) is 8.09. The van der Waals surface area contributed by atoms with Crippen molar-refractivity contribution >= 4 is 32.8 Å². The van der Waals surface area contributed by atoms with Gasteiger partial charge < -0.3 is 4.74 Å². The molecule has 27 heavy (non-hydrogen) atoms. The minimum absolute atomic E-state index is 0.163. The zero-order chi connectivity index (χ0) is 19.0. The highest BCUT2D eigenvalue weighted by molar-refractivity contribution is 9.10. The van der Waals surface area contributed by atoms with Crippen molar-refractivity contribution in [2.75, 3.05) is 7.11 Å². The molecule has 1 heterocycles. The molecule has 0 amide bonds. The highest BCUT2D eigenvalue weighted by atomic mass is 79.9. The van der Waals surface area contributed by atoms with Gasteiger partial charge in [-0.1, -0.05) is 53.5 Å². The quantitative estimate of drug-likeness (QED) is 0.471. The Labute approximate surface area is 167 Å². The van der Waals surface area contributed by atoms with Crippen molar-refractivity contribution in [3.8, 4) is 11.3 Å². The van der Waals surface area contributed by atoms with Crippen LogP contribution in [0.15, 0.2) is 53.0 Å². The van der Waals surface area contributed by atoms with Crippen LogP contribution >= 0.6 is 15.9 Å². The standard InChI is InChI=1S/C23H22BrNO2/c1-3-11-23(12-10-21(26)27-2)18-14-16(24)8-9-17(18)22-19(23)13-15-6-4-5-7-20(15)25-22/h4-9,13-14H,3,10-12H2,1-2H3. The Bertz CT molecular complexity index is 1030. The van der Waals surface area contributed by atoms with Crippen molar-refractivity contribution < 1.29 is 9.53 Å². The van der Waals surface area contributed by atoms with Gasteiger partial charge in [0.2, 0.25) is 0 Å². The summed E-state index contributed by atoms with van der Waals surface area (Å²) in [6.07, 6.45) is 3.12. The Kier molecular flexibility index (Phi) is 4.77. The number of ether oxygens (including phenoxy) is 1. The predicted molar refractivity (Wildman–Crippen MR) is 112 cm³/mol. The maximum Gasteiger partial charge on any atom is 0.305 e. The summed E-state index contributed by atoms with van der Waals surface area (Å²) in [7, 11) is 1.46. The normalized spacial score (nSPS) is 17.6. The van der Waals surface area contributed by atoms with Gasteiger partial charge in [-0.05, 0) is 48.2 Å². The number of halogens is 1. The molecule has 0 saturated carbocycles. The first kappa shape index (κ1) is 18.2. The molecule has 0 spiro atoms. The number of para-hydroxylation sites is 1. The zero-order valence-corrected chi connectivity index (χ0v) is 17.2. The van der Waals surface area contributed by atoms with E-state index in [2.05, 4.69) is 59.3 Å². The maximum absolute atomic E-state index is 12.0. The van der Waals surface area contributed by atoms with E-state index < -0.39 is 0 Å². The summed E-state index contributed by atoms with van der Waals surface area (Å²) in [4.78, 5) is 17.0.